The zero-order valence-electron chi connectivity index (χ0n) is 9.21. The van der Waals surface area contributed by atoms with Gasteiger partial charge in [-0.15, -0.1) is 0 Å². The first-order chi connectivity index (χ1) is 8.34. The minimum Gasteiger partial charge on any atom is -0.829 e. The van der Waals surface area contributed by atoms with E-state index in [2.05, 4.69) is 0 Å². The fraction of sp³-hybridized carbons (Fsp3) is 0. The second-order valence-corrected chi connectivity index (χ2v) is 3.95. The van der Waals surface area contributed by atoms with Crippen LogP contribution in [0.3, 0.4) is 0 Å². The maximum absolute atomic E-state index is 12.0. The number of anilines is 1. The van der Waals surface area contributed by atoms with Gasteiger partial charge in [0.15, 0.2) is 0 Å². The van der Waals surface area contributed by atoms with Crippen LogP contribution < -0.4 is 26.0 Å². The Morgan fingerprint density at radius 1 is 0.882 bits per heavy atom. The summed E-state index contributed by atoms with van der Waals surface area (Å²) in [6.07, 6.45) is 1.98. The average molecular weight is 224 g/mol. The Morgan fingerprint density at radius 3 is 2.41 bits per heavy atom. The molecule has 0 radical (unpaired) electrons. The Kier molecular flexibility index (Phi) is 2.31. The van der Waals surface area contributed by atoms with Crippen LogP contribution in [-0.4, -0.2) is 0 Å². The first kappa shape index (κ1) is 9.93. The van der Waals surface area contributed by atoms with Crippen LogP contribution in [0.2, 0.25) is 0 Å². The molecular weight excluding hydrogens is 212 g/mol. The third-order valence-electron chi connectivity index (χ3n) is 2.82. The molecular formula is C14H12N2O. The molecule has 0 spiro atoms. The lowest BCUT2D eigenvalue weighted by molar-refractivity contribution is -0.640. The molecule has 0 aromatic heterocycles. The van der Waals surface area contributed by atoms with Crippen LogP contribution in [0.15, 0.2) is 54.6 Å². The Labute approximate surface area is 98.9 Å². The van der Waals surface area contributed by atoms with E-state index in [1.807, 2.05) is 65.8 Å². The third kappa shape index (κ3) is 1.77. The number of nitrogens with zero attached hydrogens (tertiary/aromatic N) is 1. The zero-order valence-corrected chi connectivity index (χ0v) is 9.21. The summed E-state index contributed by atoms with van der Waals surface area (Å²) in [5, 5.41) is 15.5. The molecule has 0 aliphatic carbocycles. The normalized spacial score (nSPS) is 14.1. The summed E-state index contributed by atoms with van der Waals surface area (Å²) in [6.45, 7) is 0. The van der Waals surface area contributed by atoms with Crippen LogP contribution in [-0.2, 0) is 0 Å². The summed E-state index contributed by atoms with van der Waals surface area (Å²) in [6, 6.07) is 17.5. The standard InChI is InChI=1S/C14H12N2O/c17-14-13-9-5-4-6-11(13)10-16(15-14)12-7-2-1-3-8-12/h1-10,15,17H. The number of para-hydroxylation sites is 1. The van der Waals surface area contributed by atoms with Crippen molar-refractivity contribution >= 4 is 17.8 Å². The highest BCUT2D eigenvalue weighted by molar-refractivity contribution is 5.56. The van der Waals surface area contributed by atoms with Crippen molar-refractivity contribution in [3.05, 3.63) is 65.0 Å². The Balaban J connectivity index is 2.14. The number of quaternary nitrogens is 1. The molecule has 0 amide bonds. The maximum atomic E-state index is 12.0. The fourth-order valence-electron chi connectivity index (χ4n) is 1.97. The predicted molar refractivity (Wildman–Crippen MR) is 64.4 cm³/mol. The second-order valence-electron chi connectivity index (χ2n) is 3.95. The van der Waals surface area contributed by atoms with Gasteiger partial charge in [0.2, 0.25) is 0 Å². The van der Waals surface area contributed by atoms with E-state index in [9.17, 15) is 5.11 Å². The van der Waals surface area contributed by atoms with Crippen LogP contribution in [0.5, 0.6) is 0 Å². The van der Waals surface area contributed by atoms with Crippen LogP contribution >= 0.6 is 0 Å². The van der Waals surface area contributed by atoms with E-state index in [0.717, 1.165) is 16.1 Å². The van der Waals surface area contributed by atoms with Crippen LogP contribution in [0.4, 0.5) is 5.69 Å². The topological polar surface area (TPSA) is 42.9 Å². The van der Waals surface area contributed by atoms with E-state index in [1.54, 1.807) is 5.43 Å². The molecule has 0 saturated heterocycles. The van der Waals surface area contributed by atoms with Gasteiger partial charge in [0, 0.05) is 10.4 Å². The highest BCUT2D eigenvalue weighted by atomic mass is 16.3. The molecule has 3 nitrogen and oxygen atoms in total. The lowest BCUT2D eigenvalue weighted by Crippen LogP contribution is -2.95. The number of fused-ring (bicyclic) bond motifs is 1. The third-order valence-corrected chi connectivity index (χ3v) is 2.82. The van der Waals surface area contributed by atoms with Gasteiger partial charge in [0.25, 0.3) is 0 Å². The molecule has 0 saturated carbocycles. The first-order valence-corrected chi connectivity index (χ1v) is 5.51. The van der Waals surface area contributed by atoms with Gasteiger partial charge in [-0.1, -0.05) is 36.4 Å². The molecule has 0 bridgehead atoms. The van der Waals surface area contributed by atoms with Crippen molar-refractivity contribution in [3.8, 4) is 0 Å². The summed E-state index contributed by atoms with van der Waals surface area (Å²) < 4.78 is 0. The van der Waals surface area contributed by atoms with Gasteiger partial charge < -0.3 is 5.11 Å². The van der Waals surface area contributed by atoms with Crippen molar-refractivity contribution in [3.63, 3.8) is 0 Å². The summed E-state index contributed by atoms with van der Waals surface area (Å²) in [5.74, 6) is 0.0481. The summed E-state index contributed by atoms with van der Waals surface area (Å²) in [4.78, 5) is 0. The van der Waals surface area contributed by atoms with Crippen molar-refractivity contribution in [2.75, 3.05) is 5.01 Å². The van der Waals surface area contributed by atoms with Crippen molar-refractivity contribution < 1.29 is 10.5 Å². The molecule has 17 heavy (non-hydrogen) atoms. The lowest BCUT2D eigenvalue weighted by atomic mass is 10.2. The van der Waals surface area contributed by atoms with Gasteiger partial charge in [0.1, 0.15) is 0 Å². The molecule has 1 heterocycles. The number of benzene rings is 2. The smallest absolute Gasteiger partial charge is 0.0993 e. The quantitative estimate of drug-likeness (QED) is 0.622. The van der Waals surface area contributed by atoms with E-state index in [4.69, 9.17) is 0 Å². The molecule has 1 aliphatic heterocycles. The molecule has 3 heteroatoms. The van der Waals surface area contributed by atoms with E-state index in [1.165, 1.54) is 0 Å². The van der Waals surface area contributed by atoms with Crippen LogP contribution in [0.25, 0.3) is 12.1 Å². The van der Waals surface area contributed by atoms with Crippen molar-refractivity contribution in [1.29, 1.82) is 0 Å². The number of rotatable bonds is 1. The van der Waals surface area contributed by atoms with Crippen molar-refractivity contribution in [2.45, 2.75) is 0 Å². The molecule has 0 atom stereocenters. The maximum Gasteiger partial charge on any atom is 0.0993 e. The van der Waals surface area contributed by atoms with Gasteiger partial charge in [-0.2, -0.15) is 5.01 Å². The molecule has 2 aromatic rings. The van der Waals surface area contributed by atoms with Gasteiger partial charge in [-0.05, 0) is 18.2 Å². The van der Waals surface area contributed by atoms with Gasteiger partial charge in [0.05, 0.1) is 17.8 Å². The fourth-order valence-corrected chi connectivity index (χ4v) is 1.97. The highest BCUT2D eigenvalue weighted by Gasteiger charge is 2.09. The monoisotopic (exact) mass is 224 g/mol. The van der Waals surface area contributed by atoms with Crippen molar-refractivity contribution in [1.82, 2.24) is 0 Å². The summed E-state index contributed by atoms with van der Waals surface area (Å²) in [5.41, 5.74) is 2.62. The molecule has 1 aliphatic rings. The van der Waals surface area contributed by atoms with E-state index < -0.39 is 0 Å². The summed E-state index contributed by atoms with van der Waals surface area (Å²) in [7, 11) is 0. The lowest BCUT2D eigenvalue weighted by Gasteiger charge is -2.24. The highest BCUT2D eigenvalue weighted by Crippen LogP contribution is 2.08. The molecule has 2 N–H and O–H groups in total. The Morgan fingerprint density at radius 2 is 1.59 bits per heavy atom. The number of hydrogen-bond donors (Lipinski definition) is 1. The van der Waals surface area contributed by atoms with E-state index >= 15 is 0 Å². The SMILES string of the molecule is [O-]C1=c2ccccc2=CN(c2ccccc2)[NH2+]1. The van der Waals surface area contributed by atoms with E-state index in [-0.39, 0.29) is 5.88 Å². The minimum atomic E-state index is 0.0481. The predicted octanol–water partition coefficient (Wildman–Crippen LogP) is -1.15. The second kappa shape index (κ2) is 3.96. The Hall–Kier alpha value is -2.26. The first-order valence-electron chi connectivity index (χ1n) is 5.51. The number of hydrogen-bond acceptors (Lipinski definition) is 2. The zero-order chi connectivity index (χ0) is 11.7. The molecule has 0 fully saturated rings. The van der Waals surface area contributed by atoms with Gasteiger partial charge in [-0.25, -0.2) is 5.43 Å². The Bertz CT molecular complexity index is 649. The average Bonchev–Trinajstić information content (AvgIpc) is 2.40. The largest absolute Gasteiger partial charge is 0.829 e. The van der Waals surface area contributed by atoms with Crippen LogP contribution in [0.1, 0.15) is 0 Å². The number of nitrogens with two attached hydrogens (primary N) is 1. The summed E-state index contributed by atoms with van der Waals surface area (Å²) >= 11 is 0. The van der Waals surface area contributed by atoms with Crippen molar-refractivity contribution in [2.24, 2.45) is 0 Å². The van der Waals surface area contributed by atoms with E-state index in [0.29, 0.717) is 0 Å². The van der Waals surface area contributed by atoms with Gasteiger partial charge >= 0.3 is 0 Å². The molecule has 2 aromatic carbocycles. The van der Waals surface area contributed by atoms with Gasteiger partial charge in [-0.3, -0.25) is 0 Å². The minimum absolute atomic E-state index is 0.0481. The van der Waals surface area contributed by atoms with Crippen LogP contribution in [0, 0.1) is 0 Å². The molecule has 0 unspecified atom stereocenters. The molecule has 3 rings (SSSR count). The molecule has 84 valence electrons.